The van der Waals surface area contributed by atoms with Gasteiger partial charge in [0.05, 0.1) is 18.0 Å². The molecule has 4 nitrogen and oxygen atoms in total. The summed E-state index contributed by atoms with van der Waals surface area (Å²) in [4.78, 5) is 24.2. The van der Waals surface area contributed by atoms with Crippen LogP contribution in [-0.2, 0) is 15.8 Å². The van der Waals surface area contributed by atoms with Gasteiger partial charge in [0.25, 0.3) is 0 Å². The predicted molar refractivity (Wildman–Crippen MR) is 85.6 cm³/mol. The van der Waals surface area contributed by atoms with Crippen LogP contribution in [0, 0.1) is 0 Å². The standard InChI is InChI=1S/C16H15F3N2O2S/c1-10(22)20-13(14-6-3-7-24-14)9-15(23)21-12-5-2-4-11(8-12)16(17,18)19/h2-8,13H,9H2,1H3,(H,20,22)(H,21,23)/t13-/m0/s1. The minimum atomic E-state index is -4.48. The summed E-state index contributed by atoms with van der Waals surface area (Å²) in [6.45, 7) is 1.34. The zero-order valence-corrected chi connectivity index (χ0v) is 13.5. The van der Waals surface area contributed by atoms with E-state index in [1.54, 1.807) is 12.1 Å². The third-order valence-corrected chi connectivity index (χ3v) is 4.11. The number of hydrogen-bond donors (Lipinski definition) is 2. The van der Waals surface area contributed by atoms with Crippen molar-refractivity contribution in [2.45, 2.75) is 25.6 Å². The van der Waals surface area contributed by atoms with Crippen LogP contribution in [-0.4, -0.2) is 11.8 Å². The van der Waals surface area contributed by atoms with Crippen molar-refractivity contribution >= 4 is 28.8 Å². The molecule has 128 valence electrons. The zero-order chi connectivity index (χ0) is 17.7. The Morgan fingerprint density at radius 2 is 1.96 bits per heavy atom. The van der Waals surface area contributed by atoms with E-state index in [1.165, 1.54) is 30.4 Å². The second-order valence-corrected chi connectivity index (χ2v) is 6.08. The Hall–Kier alpha value is -2.35. The van der Waals surface area contributed by atoms with Crippen LogP contribution in [0.25, 0.3) is 0 Å². The van der Waals surface area contributed by atoms with Gasteiger partial charge in [0.15, 0.2) is 0 Å². The molecule has 1 aromatic heterocycles. The lowest BCUT2D eigenvalue weighted by Gasteiger charge is -2.16. The molecule has 1 heterocycles. The first kappa shape index (κ1) is 18.0. The molecule has 0 saturated carbocycles. The second-order valence-electron chi connectivity index (χ2n) is 5.10. The summed E-state index contributed by atoms with van der Waals surface area (Å²) in [5.41, 5.74) is -0.778. The van der Waals surface area contributed by atoms with Gasteiger partial charge in [-0.1, -0.05) is 12.1 Å². The highest BCUT2D eigenvalue weighted by molar-refractivity contribution is 7.10. The molecular formula is C16H15F3N2O2S. The second kappa shape index (κ2) is 7.48. The van der Waals surface area contributed by atoms with Crippen molar-refractivity contribution in [1.29, 1.82) is 0 Å². The predicted octanol–water partition coefficient (Wildman–Crippen LogP) is 3.97. The van der Waals surface area contributed by atoms with Gasteiger partial charge in [0.2, 0.25) is 11.8 Å². The highest BCUT2D eigenvalue weighted by Gasteiger charge is 2.30. The molecule has 2 amide bonds. The summed E-state index contributed by atoms with van der Waals surface area (Å²) < 4.78 is 38.1. The van der Waals surface area contributed by atoms with E-state index >= 15 is 0 Å². The van der Waals surface area contributed by atoms with Crippen molar-refractivity contribution in [2.75, 3.05) is 5.32 Å². The van der Waals surface area contributed by atoms with Gasteiger partial charge in [-0.05, 0) is 29.6 Å². The number of alkyl halides is 3. The molecule has 0 saturated heterocycles. The number of thiophene rings is 1. The van der Waals surface area contributed by atoms with Crippen molar-refractivity contribution < 1.29 is 22.8 Å². The largest absolute Gasteiger partial charge is 0.416 e. The van der Waals surface area contributed by atoms with Gasteiger partial charge < -0.3 is 10.6 Å². The van der Waals surface area contributed by atoms with Gasteiger partial charge in [0.1, 0.15) is 0 Å². The van der Waals surface area contributed by atoms with Crippen LogP contribution in [0.2, 0.25) is 0 Å². The highest BCUT2D eigenvalue weighted by Crippen LogP contribution is 2.31. The summed E-state index contributed by atoms with van der Waals surface area (Å²) >= 11 is 1.38. The molecule has 24 heavy (non-hydrogen) atoms. The fourth-order valence-electron chi connectivity index (χ4n) is 2.13. The van der Waals surface area contributed by atoms with E-state index in [0.29, 0.717) is 0 Å². The normalized spacial score (nSPS) is 12.5. The van der Waals surface area contributed by atoms with Gasteiger partial charge in [0, 0.05) is 17.5 Å². The summed E-state index contributed by atoms with van der Waals surface area (Å²) in [6, 6.07) is 7.46. The summed E-state index contributed by atoms with van der Waals surface area (Å²) in [5.74, 6) is -0.776. The van der Waals surface area contributed by atoms with Gasteiger partial charge >= 0.3 is 6.18 Å². The molecular weight excluding hydrogens is 341 g/mol. The molecule has 2 rings (SSSR count). The molecule has 0 radical (unpaired) electrons. The van der Waals surface area contributed by atoms with Gasteiger partial charge in [-0.15, -0.1) is 11.3 Å². The fourth-order valence-corrected chi connectivity index (χ4v) is 2.91. The molecule has 0 bridgehead atoms. The molecule has 1 atom stereocenters. The van der Waals surface area contributed by atoms with Crippen molar-refractivity contribution in [2.24, 2.45) is 0 Å². The number of carbonyl (C=O) groups excluding carboxylic acids is 2. The maximum Gasteiger partial charge on any atom is 0.416 e. The van der Waals surface area contributed by atoms with Crippen molar-refractivity contribution in [3.63, 3.8) is 0 Å². The van der Waals surface area contributed by atoms with Crippen LogP contribution in [0.4, 0.5) is 18.9 Å². The number of amides is 2. The van der Waals surface area contributed by atoms with Crippen molar-refractivity contribution in [3.8, 4) is 0 Å². The monoisotopic (exact) mass is 356 g/mol. The van der Waals surface area contributed by atoms with E-state index in [2.05, 4.69) is 10.6 Å². The maximum atomic E-state index is 12.7. The lowest BCUT2D eigenvalue weighted by atomic mass is 10.1. The topological polar surface area (TPSA) is 58.2 Å². The molecule has 0 unspecified atom stereocenters. The van der Waals surface area contributed by atoms with Crippen LogP contribution in [0.15, 0.2) is 41.8 Å². The third kappa shape index (κ3) is 5.09. The Balaban J connectivity index is 2.07. The number of carbonyl (C=O) groups is 2. The Kier molecular flexibility index (Phi) is 5.61. The fraction of sp³-hybridized carbons (Fsp3) is 0.250. The molecule has 2 N–H and O–H groups in total. The summed E-state index contributed by atoms with van der Waals surface area (Å²) in [5, 5.41) is 6.91. The van der Waals surface area contributed by atoms with Gasteiger partial charge in [-0.3, -0.25) is 9.59 Å². The smallest absolute Gasteiger partial charge is 0.348 e. The number of hydrogen-bond acceptors (Lipinski definition) is 3. The number of rotatable bonds is 5. The Morgan fingerprint density at radius 3 is 2.54 bits per heavy atom. The number of halogens is 3. The zero-order valence-electron chi connectivity index (χ0n) is 12.7. The Labute approximate surface area is 140 Å². The molecule has 2 aromatic rings. The SMILES string of the molecule is CC(=O)N[C@@H](CC(=O)Nc1cccc(C(F)(F)F)c1)c1cccs1. The van der Waals surface area contributed by atoms with Crippen molar-refractivity contribution in [1.82, 2.24) is 5.32 Å². The highest BCUT2D eigenvalue weighted by atomic mass is 32.1. The number of nitrogens with one attached hydrogen (secondary N) is 2. The number of benzene rings is 1. The average molecular weight is 356 g/mol. The van der Waals surface area contributed by atoms with E-state index in [0.717, 1.165) is 17.0 Å². The lowest BCUT2D eigenvalue weighted by molar-refractivity contribution is -0.137. The van der Waals surface area contributed by atoms with E-state index < -0.39 is 23.7 Å². The van der Waals surface area contributed by atoms with Crippen LogP contribution in [0.1, 0.15) is 29.8 Å². The van der Waals surface area contributed by atoms with E-state index in [1.807, 2.05) is 5.38 Å². The van der Waals surface area contributed by atoms with Crippen LogP contribution in [0.3, 0.4) is 0 Å². The van der Waals surface area contributed by atoms with Gasteiger partial charge in [-0.2, -0.15) is 13.2 Å². The first-order valence-corrected chi connectivity index (χ1v) is 7.91. The molecule has 0 spiro atoms. The quantitative estimate of drug-likeness (QED) is 0.852. The lowest BCUT2D eigenvalue weighted by Crippen LogP contribution is -2.29. The molecule has 0 aliphatic carbocycles. The minimum absolute atomic E-state index is 0.0579. The van der Waals surface area contributed by atoms with Gasteiger partial charge in [-0.25, -0.2) is 0 Å². The van der Waals surface area contributed by atoms with Crippen LogP contribution < -0.4 is 10.6 Å². The minimum Gasteiger partial charge on any atom is -0.348 e. The molecule has 0 aliphatic rings. The van der Waals surface area contributed by atoms with E-state index in [4.69, 9.17) is 0 Å². The van der Waals surface area contributed by atoms with Crippen LogP contribution >= 0.6 is 11.3 Å². The molecule has 0 aliphatic heterocycles. The Bertz CT molecular complexity index is 714. The maximum absolute atomic E-state index is 12.7. The number of anilines is 1. The molecule has 8 heteroatoms. The first-order valence-electron chi connectivity index (χ1n) is 7.03. The van der Waals surface area contributed by atoms with Crippen molar-refractivity contribution in [3.05, 3.63) is 52.2 Å². The first-order chi connectivity index (χ1) is 11.3. The average Bonchev–Trinajstić information content (AvgIpc) is 2.99. The molecule has 0 fully saturated rings. The Morgan fingerprint density at radius 1 is 1.21 bits per heavy atom. The summed E-state index contributed by atoms with van der Waals surface area (Å²) in [6.07, 6.45) is -4.55. The van der Waals surface area contributed by atoms with Crippen LogP contribution in [0.5, 0.6) is 0 Å². The van der Waals surface area contributed by atoms with E-state index in [9.17, 15) is 22.8 Å². The van der Waals surface area contributed by atoms with E-state index in [-0.39, 0.29) is 18.0 Å². The summed E-state index contributed by atoms with van der Waals surface area (Å²) in [7, 11) is 0. The third-order valence-electron chi connectivity index (χ3n) is 3.13. The molecule has 1 aromatic carbocycles.